The van der Waals surface area contributed by atoms with E-state index in [-0.39, 0.29) is 19.5 Å². The minimum Gasteiger partial charge on any atom is -0.328 e. The molecule has 0 fully saturated rings. The Morgan fingerprint density at radius 3 is 0.692 bits per heavy atom. The molecule has 12 nitrogen and oxygen atoms in total. The van der Waals surface area contributed by atoms with Crippen molar-refractivity contribution < 1.29 is 50.4 Å². The van der Waals surface area contributed by atoms with Gasteiger partial charge in [-0.25, -0.2) is 0 Å². The Morgan fingerprint density at radius 1 is 0.692 bits per heavy atom. The van der Waals surface area contributed by atoms with Gasteiger partial charge in [0, 0.05) is 0 Å². The van der Waals surface area contributed by atoms with E-state index in [0.29, 0.717) is 0 Å². The summed E-state index contributed by atoms with van der Waals surface area (Å²) in [5, 5.41) is 40.9. The van der Waals surface area contributed by atoms with E-state index in [1.807, 2.05) is 0 Å². The van der Waals surface area contributed by atoms with E-state index in [9.17, 15) is 0 Å². The second-order valence-electron chi connectivity index (χ2n) is 0.714. The van der Waals surface area contributed by atoms with E-state index < -0.39 is 15.3 Å². The number of hydrogen-bond acceptors (Lipinski definition) is 6. The summed E-state index contributed by atoms with van der Waals surface area (Å²) in [6, 6.07) is 0. The van der Waals surface area contributed by atoms with Crippen molar-refractivity contribution in [1.82, 2.24) is 0 Å². The summed E-state index contributed by atoms with van der Waals surface area (Å²) < 4.78 is 0. The van der Waals surface area contributed by atoms with Crippen molar-refractivity contribution in [3.05, 3.63) is 30.3 Å². The van der Waals surface area contributed by atoms with Gasteiger partial charge in [-0.3, -0.25) is 0 Å². The molecule has 0 radical (unpaired) electrons. The minimum atomic E-state index is -1.50. The topological polar surface area (TPSA) is 190 Å². The van der Waals surface area contributed by atoms with Gasteiger partial charge >= 0.3 is 19.5 Å². The van der Waals surface area contributed by atoms with E-state index >= 15 is 0 Å². The molecule has 78 valence electrons. The van der Waals surface area contributed by atoms with Crippen molar-refractivity contribution in [2.45, 2.75) is 0 Å². The first-order valence-electron chi connectivity index (χ1n) is 1.70. The molecule has 13 heteroatoms. The zero-order valence-electron chi connectivity index (χ0n) is 5.47. The molecule has 0 atom stereocenters. The second-order valence-corrected chi connectivity index (χ2v) is 0.714. The van der Waals surface area contributed by atoms with Crippen LogP contribution in [0.15, 0.2) is 0 Å². The first-order chi connectivity index (χ1) is 5.20. The molecule has 3 N–H and O–H groups in total. The predicted octanol–water partition coefficient (Wildman–Crippen LogP) is -1.05. The van der Waals surface area contributed by atoms with Gasteiger partial charge in [0.15, 0.2) is 0 Å². The molecule has 0 unspecified atom stereocenters. The second kappa shape index (κ2) is 16.7. The van der Waals surface area contributed by atoms with Crippen LogP contribution in [0.3, 0.4) is 0 Å². The molecule has 0 spiro atoms. The summed E-state index contributed by atoms with van der Waals surface area (Å²) in [5.74, 6) is 0. The Bertz CT molecular complexity index is 112. The molecule has 0 heterocycles. The van der Waals surface area contributed by atoms with Crippen molar-refractivity contribution in [2.75, 3.05) is 0 Å². The van der Waals surface area contributed by atoms with Gasteiger partial charge in [0.05, 0.1) is 0 Å². The van der Waals surface area contributed by atoms with Crippen LogP contribution in [0.1, 0.15) is 0 Å². The smallest absolute Gasteiger partial charge is 0.328 e. The fourth-order valence-electron chi connectivity index (χ4n) is 0. The maximum atomic E-state index is 8.36. The summed E-state index contributed by atoms with van der Waals surface area (Å²) >= 11 is 0. The molecule has 0 amide bonds. The zero-order chi connectivity index (χ0) is 10.7. The van der Waals surface area contributed by atoms with Crippen LogP contribution < -0.4 is 0 Å². The molecule has 0 aromatic heterocycles. The molecule has 0 aliphatic heterocycles. The molecule has 0 saturated carbocycles. The van der Waals surface area contributed by atoms with E-state index in [1.165, 1.54) is 0 Å². The Kier molecular flexibility index (Phi) is 28.8. The van der Waals surface area contributed by atoms with Crippen LogP contribution in [-0.2, 0) is 19.5 Å². The van der Waals surface area contributed by atoms with E-state index in [2.05, 4.69) is 0 Å². The van der Waals surface area contributed by atoms with Crippen molar-refractivity contribution in [3.8, 4) is 0 Å². The normalized spacial score (nSPS) is 5.54. The fraction of sp³-hybridized carbons (Fsp3) is 0. The molecular formula is H3N3O9Rh+3. The SMILES string of the molecule is O=[N+]([O-])O.O=[N+]([O-])O.O=[N+]([O-])O.[Rh+3]. The average Bonchev–Trinajstić information content (AvgIpc) is 1.54. The predicted molar refractivity (Wildman–Crippen MR) is 26.3 cm³/mol. The van der Waals surface area contributed by atoms with Crippen molar-refractivity contribution in [1.29, 1.82) is 0 Å². The van der Waals surface area contributed by atoms with Gasteiger partial charge in [-0.2, -0.15) is 0 Å². The summed E-state index contributed by atoms with van der Waals surface area (Å²) in [6.45, 7) is 0. The number of nitrogens with zero attached hydrogens (tertiary/aromatic N) is 3. The van der Waals surface area contributed by atoms with Gasteiger partial charge in [0.1, 0.15) is 0 Å². The summed E-state index contributed by atoms with van der Waals surface area (Å²) in [6.07, 6.45) is 0. The molecule has 0 aliphatic rings. The summed E-state index contributed by atoms with van der Waals surface area (Å²) in [5.41, 5.74) is 0. The molecule has 0 bridgehead atoms. The van der Waals surface area contributed by atoms with E-state index in [1.54, 1.807) is 0 Å². The third kappa shape index (κ3) is 219. The van der Waals surface area contributed by atoms with Crippen molar-refractivity contribution in [3.63, 3.8) is 0 Å². The van der Waals surface area contributed by atoms with Gasteiger partial charge in [-0.05, 0) is 0 Å². The minimum absolute atomic E-state index is 0. The Hall–Kier alpha value is -1.78. The third-order valence-corrected chi connectivity index (χ3v) is 0. The Balaban J connectivity index is -0.0000000450. The first kappa shape index (κ1) is 22.5. The quantitative estimate of drug-likeness (QED) is 0.284. The van der Waals surface area contributed by atoms with Crippen molar-refractivity contribution in [2.24, 2.45) is 0 Å². The van der Waals surface area contributed by atoms with Crippen LogP contribution in [0.2, 0.25) is 0 Å². The van der Waals surface area contributed by atoms with E-state index in [0.717, 1.165) is 0 Å². The van der Waals surface area contributed by atoms with Gasteiger partial charge in [-0.15, -0.1) is 30.3 Å². The van der Waals surface area contributed by atoms with Crippen LogP contribution >= 0.6 is 0 Å². The number of hydrogen-bond donors (Lipinski definition) is 3. The monoisotopic (exact) mass is 292 g/mol. The molecule has 13 heavy (non-hydrogen) atoms. The molecule has 0 rings (SSSR count). The fourth-order valence-corrected chi connectivity index (χ4v) is 0. The van der Waals surface area contributed by atoms with Gasteiger partial charge in [-0.1, -0.05) is 0 Å². The molecular weight excluding hydrogens is 289 g/mol. The molecule has 0 aromatic carbocycles. The summed E-state index contributed by atoms with van der Waals surface area (Å²) in [7, 11) is 0. The molecule has 0 saturated heterocycles. The van der Waals surface area contributed by atoms with Crippen LogP contribution in [0, 0.1) is 30.3 Å². The van der Waals surface area contributed by atoms with Gasteiger partial charge in [0.2, 0.25) is 0 Å². The third-order valence-electron chi connectivity index (χ3n) is 0. The first-order valence-corrected chi connectivity index (χ1v) is 1.70. The molecule has 0 aliphatic carbocycles. The summed E-state index contributed by atoms with van der Waals surface area (Å²) in [4.78, 5) is 25.1. The van der Waals surface area contributed by atoms with Crippen LogP contribution in [-0.4, -0.2) is 30.9 Å². The maximum absolute atomic E-state index is 8.36. The average molecular weight is 292 g/mol. The zero-order valence-corrected chi connectivity index (χ0v) is 7.10. The Labute approximate surface area is 81.5 Å². The van der Waals surface area contributed by atoms with Crippen LogP contribution in [0.25, 0.3) is 0 Å². The molecule has 0 aromatic rings. The largest absolute Gasteiger partial charge is 3.00 e. The maximum Gasteiger partial charge on any atom is 3.00 e. The van der Waals surface area contributed by atoms with Crippen molar-refractivity contribution >= 4 is 0 Å². The van der Waals surface area contributed by atoms with Gasteiger partial charge < -0.3 is 15.6 Å². The number of rotatable bonds is 0. The standard InChI is InChI=1S/3HNO3.Rh/c3*2-1(3)4;/h3*(H,2,3,4);/q;;;+3. The van der Waals surface area contributed by atoms with Crippen LogP contribution in [0.5, 0.6) is 0 Å². The van der Waals surface area contributed by atoms with Gasteiger partial charge in [0.25, 0.3) is 15.3 Å². The Morgan fingerprint density at radius 2 is 0.692 bits per heavy atom. The van der Waals surface area contributed by atoms with E-state index in [4.69, 9.17) is 46.0 Å². The van der Waals surface area contributed by atoms with Crippen LogP contribution in [0.4, 0.5) is 0 Å².